The van der Waals surface area contributed by atoms with Gasteiger partial charge in [0, 0.05) is 18.1 Å². The second-order valence-corrected chi connectivity index (χ2v) is 4.95. The van der Waals surface area contributed by atoms with Crippen LogP contribution in [0, 0.1) is 5.92 Å². The largest absolute Gasteiger partial charge is 0.328 e. The van der Waals surface area contributed by atoms with E-state index in [1.807, 2.05) is 0 Å². The normalized spacial score (nSPS) is 45.7. The van der Waals surface area contributed by atoms with E-state index in [0.717, 1.165) is 18.0 Å². The van der Waals surface area contributed by atoms with Crippen molar-refractivity contribution in [3.63, 3.8) is 0 Å². The minimum Gasteiger partial charge on any atom is -0.328 e. The maximum atomic E-state index is 5.95. The number of rotatable bonds is 2. The Morgan fingerprint density at radius 1 is 1.15 bits per heavy atom. The lowest BCUT2D eigenvalue weighted by Gasteiger charge is -2.39. The van der Waals surface area contributed by atoms with E-state index in [2.05, 4.69) is 12.2 Å². The number of nitrogens with one attached hydrogen (secondary N) is 1. The van der Waals surface area contributed by atoms with E-state index in [1.165, 1.54) is 38.5 Å². The molecular formula is C11H22N2. The quantitative estimate of drug-likeness (QED) is 0.681. The van der Waals surface area contributed by atoms with Crippen LogP contribution in [0.4, 0.5) is 0 Å². The van der Waals surface area contributed by atoms with Crippen LogP contribution in [-0.4, -0.2) is 18.1 Å². The zero-order valence-corrected chi connectivity index (χ0v) is 8.63. The van der Waals surface area contributed by atoms with Crippen molar-refractivity contribution in [1.29, 1.82) is 0 Å². The maximum Gasteiger partial charge on any atom is 0.00954 e. The van der Waals surface area contributed by atoms with Crippen LogP contribution < -0.4 is 11.1 Å². The molecule has 0 bridgehead atoms. The Kier molecular flexibility index (Phi) is 2.89. The minimum absolute atomic E-state index is 0.460. The van der Waals surface area contributed by atoms with E-state index in [9.17, 15) is 0 Å². The smallest absolute Gasteiger partial charge is 0.00954 e. The van der Waals surface area contributed by atoms with Gasteiger partial charge in [0.2, 0.25) is 0 Å². The molecule has 4 unspecified atom stereocenters. The summed E-state index contributed by atoms with van der Waals surface area (Å²) in [5, 5.41) is 3.76. The zero-order valence-electron chi connectivity index (χ0n) is 8.63. The van der Waals surface area contributed by atoms with Crippen LogP contribution >= 0.6 is 0 Å². The van der Waals surface area contributed by atoms with Gasteiger partial charge in [-0.25, -0.2) is 0 Å². The highest BCUT2D eigenvalue weighted by atomic mass is 15.0. The molecule has 0 aromatic rings. The van der Waals surface area contributed by atoms with Crippen molar-refractivity contribution < 1.29 is 0 Å². The molecule has 0 radical (unpaired) electrons. The second-order valence-electron chi connectivity index (χ2n) is 4.95. The molecule has 0 amide bonds. The summed E-state index contributed by atoms with van der Waals surface area (Å²) >= 11 is 0. The SMILES string of the molecule is CC1CCC1NC1CCCC(N)C1. The molecule has 0 aromatic carbocycles. The highest BCUT2D eigenvalue weighted by Crippen LogP contribution is 2.28. The zero-order chi connectivity index (χ0) is 9.26. The molecule has 2 aliphatic rings. The van der Waals surface area contributed by atoms with Crippen molar-refractivity contribution in [1.82, 2.24) is 5.32 Å². The molecule has 2 heteroatoms. The Bertz CT molecular complexity index is 169. The van der Waals surface area contributed by atoms with E-state index in [0.29, 0.717) is 6.04 Å². The van der Waals surface area contributed by atoms with Crippen LogP contribution in [0.3, 0.4) is 0 Å². The van der Waals surface area contributed by atoms with E-state index >= 15 is 0 Å². The Morgan fingerprint density at radius 2 is 2.00 bits per heavy atom. The van der Waals surface area contributed by atoms with Crippen molar-refractivity contribution in [3.05, 3.63) is 0 Å². The van der Waals surface area contributed by atoms with E-state index in [4.69, 9.17) is 5.73 Å². The predicted molar refractivity (Wildman–Crippen MR) is 55.6 cm³/mol. The van der Waals surface area contributed by atoms with Crippen molar-refractivity contribution in [2.75, 3.05) is 0 Å². The van der Waals surface area contributed by atoms with Gasteiger partial charge in [0.15, 0.2) is 0 Å². The van der Waals surface area contributed by atoms with Gasteiger partial charge in [0.25, 0.3) is 0 Å². The van der Waals surface area contributed by atoms with Crippen LogP contribution in [0.1, 0.15) is 45.4 Å². The van der Waals surface area contributed by atoms with Crippen LogP contribution in [-0.2, 0) is 0 Å². The fraction of sp³-hybridized carbons (Fsp3) is 1.00. The van der Waals surface area contributed by atoms with Crippen molar-refractivity contribution in [2.24, 2.45) is 11.7 Å². The standard InChI is InChI=1S/C11H22N2/c1-8-5-6-11(8)13-10-4-2-3-9(12)7-10/h8-11,13H,2-7,12H2,1H3. The Hall–Kier alpha value is -0.0800. The molecule has 76 valence electrons. The van der Waals surface area contributed by atoms with Crippen molar-refractivity contribution in [3.8, 4) is 0 Å². The summed E-state index contributed by atoms with van der Waals surface area (Å²) in [6, 6.07) is 1.98. The van der Waals surface area contributed by atoms with Gasteiger partial charge in [-0.1, -0.05) is 13.3 Å². The van der Waals surface area contributed by atoms with Crippen LogP contribution in [0.5, 0.6) is 0 Å². The fourth-order valence-electron chi connectivity index (χ4n) is 2.60. The third-order valence-electron chi connectivity index (χ3n) is 3.78. The summed E-state index contributed by atoms with van der Waals surface area (Å²) in [4.78, 5) is 0. The Labute approximate surface area is 81.3 Å². The van der Waals surface area contributed by atoms with Gasteiger partial charge in [-0.3, -0.25) is 0 Å². The highest BCUT2D eigenvalue weighted by molar-refractivity contribution is 4.89. The van der Waals surface area contributed by atoms with Gasteiger partial charge in [-0.15, -0.1) is 0 Å². The molecule has 2 rings (SSSR count). The Morgan fingerprint density at radius 3 is 2.54 bits per heavy atom. The van der Waals surface area contributed by atoms with Crippen molar-refractivity contribution in [2.45, 2.75) is 63.6 Å². The van der Waals surface area contributed by atoms with E-state index < -0.39 is 0 Å². The molecule has 2 saturated carbocycles. The first-order valence-electron chi connectivity index (χ1n) is 5.77. The summed E-state index contributed by atoms with van der Waals surface area (Å²) in [5.41, 5.74) is 5.95. The number of hydrogen-bond acceptors (Lipinski definition) is 2. The first-order chi connectivity index (χ1) is 6.25. The molecule has 2 nitrogen and oxygen atoms in total. The minimum atomic E-state index is 0.460. The average Bonchev–Trinajstić information content (AvgIpc) is 2.12. The maximum absolute atomic E-state index is 5.95. The third-order valence-corrected chi connectivity index (χ3v) is 3.78. The molecule has 2 fully saturated rings. The molecule has 0 heterocycles. The summed E-state index contributed by atoms with van der Waals surface area (Å²) in [5.74, 6) is 0.901. The molecule has 0 aromatic heterocycles. The second kappa shape index (κ2) is 3.97. The summed E-state index contributed by atoms with van der Waals surface area (Å²) < 4.78 is 0. The topological polar surface area (TPSA) is 38.0 Å². The third kappa shape index (κ3) is 2.23. The van der Waals surface area contributed by atoms with Crippen LogP contribution in [0.15, 0.2) is 0 Å². The van der Waals surface area contributed by atoms with Gasteiger partial charge in [-0.2, -0.15) is 0 Å². The van der Waals surface area contributed by atoms with E-state index in [-0.39, 0.29) is 0 Å². The molecule has 3 N–H and O–H groups in total. The molecule has 13 heavy (non-hydrogen) atoms. The van der Waals surface area contributed by atoms with E-state index in [1.54, 1.807) is 0 Å². The summed E-state index contributed by atoms with van der Waals surface area (Å²) in [7, 11) is 0. The van der Waals surface area contributed by atoms with Gasteiger partial charge < -0.3 is 11.1 Å². The molecule has 4 atom stereocenters. The van der Waals surface area contributed by atoms with Crippen LogP contribution in [0.25, 0.3) is 0 Å². The molecule has 0 aliphatic heterocycles. The van der Waals surface area contributed by atoms with Gasteiger partial charge in [-0.05, 0) is 38.0 Å². The fourth-order valence-corrected chi connectivity index (χ4v) is 2.60. The first kappa shape index (κ1) is 9.47. The first-order valence-corrected chi connectivity index (χ1v) is 5.77. The van der Waals surface area contributed by atoms with Gasteiger partial charge >= 0.3 is 0 Å². The Balaban J connectivity index is 1.74. The van der Waals surface area contributed by atoms with Crippen LogP contribution in [0.2, 0.25) is 0 Å². The number of nitrogens with two attached hydrogens (primary N) is 1. The van der Waals surface area contributed by atoms with Gasteiger partial charge in [0.1, 0.15) is 0 Å². The predicted octanol–water partition coefficient (Wildman–Crippen LogP) is 1.64. The molecule has 0 spiro atoms. The highest BCUT2D eigenvalue weighted by Gasteiger charge is 2.29. The lowest BCUT2D eigenvalue weighted by Crippen LogP contribution is -2.50. The molecule has 2 aliphatic carbocycles. The average molecular weight is 182 g/mol. The van der Waals surface area contributed by atoms with Gasteiger partial charge in [0.05, 0.1) is 0 Å². The molecular weight excluding hydrogens is 160 g/mol. The lowest BCUT2D eigenvalue weighted by molar-refractivity contribution is 0.188. The number of hydrogen-bond donors (Lipinski definition) is 2. The summed E-state index contributed by atoms with van der Waals surface area (Å²) in [6.07, 6.45) is 7.89. The summed E-state index contributed by atoms with van der Waals surface area (Å²) in [6.45, 7) is 2.35. The molecule has 0 saturated heterocycles. The lowest BCUT2D eigenvalue weighted by atomic mass is 9.79. The van der Waals surface area contributed by atoms with Crippen molar-refractivity contribution >= 4 is 0 Å². The monoisotopic (exact) mass is 182 g/mol.